The summed E-state index contributed by atoms with van der Waals surface area (Å²) in [6.45, 7) is 5.19. The van der Waals surface area contributed by atoms with Crippen LogP contribution in [0.3, 0.4) is 0 Å². The zero-order valence-electron chi connectivity index (χ0n) is 8.18. The van der Waals surface area contributed by atoms with Gasteiger partial charge in [-0.25, -0.2) is 0 Å². The second-order valence-corrected chi connectivity index (χ2v) is 3.06. The fraction of sp³-hybridized carbons (Fsp3) is 1.00. The molecule has 0 rings (SSSR count). The molecule has 0 radical (unpaired) electrons. The molecule has 0 saturated heterocycles. The Morgan fingerprint density at radius 3 is 2.42 bits per heavy atom. The molecule has 0 aliphatic heterocycles. The number of aliphatic hydroxyl groups is 1. The second kappa shape index (κ2) is 6.40. The van der Waals surface area contributed by atoms with E-state index in [0.29, 0.717) is 13.2 Å². The van der Waals surface area contributed by atoms with Crippen molar-refractivity contribution in [1.82, 2.24) is 0 Å². The Morgan fingerprint density at radius 1 is 1.42 bits per heavy atom. The molecule has 0 aromatic carbocycles. The monoisotopic (exact) mass is 175 g/mol. The van der Waals surface area contributed by atoms with Crippen LogP contribution in [0.1, 0.15) is 33.1 Å². The van der Waals surface area contributed by atoms with Crippen LogP contribution in [-0.2, 0) is 4.74 Å². The van der Waals surface area contributed by atoms with Gasteiger partial charge in [-0.05, 0) is 12.8 Å². The van der Waals surface area contributed by atoms with Crippen LogP contribution in [0.5, 0.6) is 0 Å². The van der Waals surface area contributed by atoms with E-state index in [1.54, 1.807) is 0 Å². The molecule has 0 saturated carbocycles. The van der Waals surface area contributed by atoms with E-state index in [9.17, 15) is 0 Å². The SMILES string of the molecule is CCCC(CC)(CN)OCCO. The summed E-state index contributed by atoms with van der Waals surface area (Å²) in [6.07, 6.45) is 2.95. The molecule has 12 heavy (non-hydrogen) atoms. The fourth-order valence-electron chi connectivity index (χ4n) is 1.37. The van der Waals surface area contributed by atoms with Gasteiger partial charge >= 0.3 is 0 Å². The zero-order chi connectivity index (χ0) is 9.45. The lowest BCUT2D eigenvalue weighted by Crippen LogP contribution is -2.40. The Bertz CT molecular complexity index is 103. The topological polar surface area (TPSA) is 55.5 Å². The van der Waals surface area contributed by atoms with Gasteiger partial charge in [0.2, 0.25) is 0 Å². The Morgan fingerprint density at radius 2 is 2.08 bits per heavy atom. The maximum atomic E-state index is 8.62. The van der Waals surface area contributed by atoms with Crippen LogP contribution in [-0.4, -0.2) is 30.5 Å². The quantitative estimate of drug-likeness (QED) is 0.604. The summed E-state index contributed by atoms with van der Waals surface area (Å²) in [5.74, 6) is 0. The number of aliphatic hydroxyl groups excluding tert-OH is 1. The lowest BCUT2D eigenvalue weighted by Gasteiger charge is -2.31. The van der Waals surface area contributed by atoms with E-state index in [1.807, 2.05) is 0 Å². The number of hydrogen-bond donors (Lipinski definition) is 2. The van der Waals surface area contributed by atoms with Crippen LogP contribution < -0.4 is 5.73 Å². The number of rotatable bonds is 7. The molecule has 3 heteroatoms. The van der Waals surface area contributed by atoms with E-state index in [4.69, 9.17) is 15.6 Å². The summed E-state index contributed by atoms with van der Waals surface area (Å²) in [4.78, 5) is 0. The minimum absolute atomic E-state index is 0.0749. The highest BCUT2D eigenvalue weighted by Crippen LogP contribution is 2.20. The predicted molar refractivity (Wildman–Crippen MR) is 50.0 cm³/mol. The number of nitrogens with two attached hydrogens (primary N) is 1. The van der Waals surface area contributed by atoms with E-state index < -0.39 is 0 Å². The van der Waals surface area contributed by atoms with Crippen molar-refractivity contribution < 1.29 is 9.84 Å². The van der Waals surface area contributed by atoms with Crippen molar-refractivity contribution in [3.63, 3.8) is 0 Å². The summed E-state index contributed by atoms with van der Waals surface area (Å²) in [5, 5.41) is 8.62. The Balaban J connectivity index is 3.95. The van der Waals surface area contributed by atoms with Crippen molar-refractivity contribution >= 4 is 0 Å². The molecule has 74 valence electrons. The third-order valence-electron chi connectivity index (χ3n) is 2.22. The summed E-state index contributed by atoms with van der Waals surface area (Å²) >= 11 is 0. The van der Waals surface area contributed by atoms with Gasteiger partial charge in [0.25, 0.3) is 0 Å². The summed E-state index contributed by atoms with van der Waals surface area (Å²) in [6, 6.07) is 0. The van der Waals surface area contributed by atoms with Gasteiger partial charge in [0.05, 0.1) is 18.8 Å². The van der Waals surface area contributed by atoms with Gasteiger partial charge in [0.15, 0.2) is 0 Å². The first-order valence-corrected chi connectivity index (χ1v) is 4.69. The molecule has 0 aromatic heterocycles. The summed E-state index contributed by atoms with van der Waals surface area (Å²) in [7, 11) is 0. The average molecular weight is 175 g/mol. The molecular formula is C9H21NO2. The summed E-state index contributed by atoms with van der Waals surface area (Å²) < 4.78 is 5.54. The third kappa shape index (κ3) is 3.52. The van der Waals surface area contributed by atoms with Gasteiger partial charge < -0.3 is 15.6 Å². The molecule has 0 aromatic rings. The molecule has 0 bridgehead atoms. The number of ether oxygens (including phenoxy) is 1. The van der Waals surface area contributed by atoms with Gasteiger partial charge in [-0.1, -0.05) is 20.3 Å². The predicted octanol–water partition coefficient (Wildman–Crippen LogP) is 0.903. The third-order valence-corrected chi connectivity index (χ3v) is 2.22. The van der Waals surface area contributed by atoms with E-state index in [2.05, 4.69) is 13.8 Å². The van der Waals surface area contributed by atoms with E-state index in [0.717, 1.165) is 19.3 Å². The molecule has 0 heterocycles. The standard InChI is InChI=1S/C9H21NO2/c1-3-5-9(4-2,8-10)12-7-6-11/h11H,3-8,10H2,1-2H3. The van der Waals surface area contributed by atoms with Crippen molar-refractivity contribution in [2.24, 2.45) is 5.73 Å². The molecule has 0 amide bonds. The molecule has 0 fully saturated rings. The average Bonchev–Trinajstić information content (AvgIpc) is 2.13. The minimum atomic E-state index is -0.197. The Kier molecular flexibility index (Phi) is 6.34. The minimum Gasteiger partial charge on any atom is -0.394 e. The van der Waals surface area contributed by atoms with Gasteiger partial charge in [-0.15, -0.1) is 0 Å². The normalized spacial score (nSPS) is 16.0. The maximum absolute atomic E-state index is 8.62. The fourth-order valence-corrected chi connectivity index (χ4v) is 1.37. The van der Waals surface area contributed by atoms with Crippen LogP contribution in [0.2, 0.25) is 0 Å². The van der Waals surface area contributed by atoms with Crippen LogP contribution in [0, 0.1) is 0 Å². The van der Waals surface area contributed by atoms with E-state index in [-0.39, 0.29) is 12.2 Å². The Labute approximate surface area is 74.9 Å². The van der Waals surface area contributed by atoms with Crippen LogP contribution in [0.4, 0.5) is 0 Å². The first-order valence-electron chi connectivity index (χ1n) is 4.69. The van der Waals surface area contributed by atoms with Crippen molar-refractivity contribution in [2.45, 2.75) is 38.7 Å². The smallest absolute Gasteiger partial charge is 0.0802 e. The van der Waals surface area contributed by atoms with Gasteiger partial charge in [0.1, 0.15) is 0 Å². The Hall–Kier alpha value is -0.120. The molecule has 1 atom stereocenters. The second-order valence-electron chi connectivity index (χ2n) is 3.06. The highest BCUT2D eigenvalue weighted by atomic mass is 16.5. The lowest BCUT2D eigenvalue weighted by molar-refractivity contribution is -0.0601. The van der Waals surface area contributed by atoms with Gasteiger partial charge in [-0.2, -0.15) is 0 Å². The number of hydrogen-bond acceptors (Lipinski definition) is 3. The van der Waals surface area contributed by atoms with Gasteiger partial charge in [0, 0.05) is 6.54 Å². The van der Waals surface area contributed by atoms with Crippen molar-refractivity contribution in [1.29, 1.82) is 0 Å². The van der Waals surface area contributed by atoms with Crippen molar-refractivity contribution in [3.05, 3.63) is 0 Å². The van der Waals surface area contributed by atoms with Crippen LogP contribution in [0.25, 0.3) is 0 Å². The first kappa shape index (κ1) is 11.9. The van der Waals surface area contributed by atoms with Crippen LogP contribution >= 0.6 is 0 Å². The highest BCUT2D eigenvalue weighted by molar-refractivity contribution is 4.79. The van der Waals surface area contributed by atoms with Crippen molar-refractivity contribution in [3.8, 4) is 0 Å². The molecule has 1 unspecified atom stereocenters. The van der Waals surface area contributed by atoms with E-state index >= 15 is 0 Å². The first-order chi connectivity index (χ1) is 5.74. The maximum Gasteiger partial charge on any atom is 0.0802 e. The van der Waals surface area contributed by atoms with Crippen molar-refractivity contribution in [2.75, 3.05) is 19.8 Å². The molecule has 0 aliphatic rings. The molecule has 3 nitrogen and oxygen atoms in total. The molecule has 0 spiro atoms. The van der Waals surface area contributed by atoms with Crippen LogP contribution in [0.15, 0.2) is 0 Å². The molecule has 0 aliphatic carbocycles. The van der Waals surface area contributed by atoms with Gasteiger partial charge in [-0.3, -0.25) is 0 Å². The van der Waals surface area contributed by atoms with E-state index in [1.165, 1.54) is 0 Å². The zero-order valence-corrected chi connectivity index (χ0v) is 8.18. The summed E-state index contributed by atoms with van der Waals surface area (Å²) in [5.41, 5.74) is 5.44. The molecular weight excluding hydrogens is 154 g/mol. The molecule has 3 N–H and O–H groups in total. The lowest BCUT2D eigenvalue weighted by atomic mass is 9.95. The largest absolute Gasteiger partial charge is 0.394 e. The highest BCUT2D eigenvalue weighted by Gasteiger charge is 2.25.